The second kappa shape index (κ2) is 23.2. The van der Waals surface area contributed by atoms with Crippen molar-refractivity contribution in [2.75, 3.05) is 0 Å². The molecule has 0 spiro atoms. The van der Waals surface area contributed by atoms with Crippen molar-refractivity contribution in [3.8, 4) is 79.2 Å². The number of hydrogen-bond donors (Lipinski definition) is 0. The minimum absolute atomic E-state index is 0.378. The van der Waals surface area contributed by atoms with Crippen LogP contribution >= 0.6 is 0 Å². The number of para-hydroxylation sites is 2. The van der Waals surface area contributed by atoms with Crippen LogP contribution in [0.25, 0.3) is 166 Å². The summed E-state index contributed by atoms with van der Waals surface area (Å²) < 4.78 is 12.6. The lowest BCUT2D eigenvalue weighted by Crippen LogP contribution is -2.41. The van der Waals surface area contributed by atoms with E-state index in [0.717, 1.165) is 138 Å². The van der Waals surface area contributed by atoms with Gasteiger partial charge in [-0.15, -0.1) is 0 Å². The van der Waals surface area contributed by atoms with Gasteiger partial charge in [-0.1, -0.05) is 231 Å². The summed E-state index contributed by atoms with van der Waals surface area (Å²) in [5.41, 5.74) is 14.8. The molecule has 9 nitrogen and oxygen atoms in total. The Morgan fingerprint density at radius 1 is 0.253 bits per heavy atom. The van der Waals surface area contributed by atoms with Gasteiger partial charge in [0.15, 0.2) is 17.5 Å². The summed E-state index contributed by atoms with van der Waals surface area (Å²) in [5.74, 6) is 1.87. The molecule has 17 aromatic rings. The Labute approximate surface area is 549 Å². The van der Waals surface area contributed by atoms with E-state index in [1.807, 2.05) is 48.5 Å². The number of hydrogen-bond acceptors (Lipinski definition) is 9. The fourth-order valence-corrected chi connectivity index (χ4v) is 13.2. The topological polar surface area (TPSA) is 109 Å². The third-order valence-corrected chi connectivity index (χ3v) is 19.0. The van der Waals surface area contributed by atoms with Crippen LogP contribution < -0.4 is 5.46 Å². The zero-order chi connectivity index (χ0) is 63.8. The van der Waals surface area contributed by atoms with Crippen molar-refractivity contribution in [2.45, 2.75) is 38.9 Å². The SMILES string of the molecule is CC1(C)OB(c2ccc(-c3nc4ccccc4c4ccc5nc(-c6ccccc6)ccc5c34)cc2)OC1(C)C.c1ccc(-c2ccc3c(ccc4c5ccccc5nc(-c5ccc(-c6nc(-c7ccc8ccccc8c7)nc(-c7ccc8ccccc8c7)n6)cc5)c34)n2)cc1. The van der Waals surface area contributed by atoms with E-state index in [0.29, 0.717) is 17.5 Å². The van der Waals surface area contributed by atoms with E-state index in [4.69, 9.17) is 44.2 Å². The van der Waals surface area contributed by atoms with Crippen molar-refractivity contribution < 1.29 is 9.31 Å². The first-order valence-corrected chi connectivity index (χ1v) is 32.2. The number of rotatable bonds is 8. The zero-order valence-electron chi connectivity index (χ0n) is 52.7. The lowest BCUT2D eigenvalue weighted by molar-refractivity contribution is 0.00578. The summed E-state index contributed by atoms with van der Waals surface area (Å²) in [5, 5.41) is 13.5. The molecule has 450 valence electrons. The standard InChI is InChI=1S/C51H31N5.C34H29BN2O2/c1-2-12-34(13-3-1)44-28-27-43-46(52-44)29-26-42-41-16-8-9-17-45(41)53-48(47(42)43)35-20-22-36(23-21-35)49-54-50(39-24-18-32-10-4-6-14-37(32)30-39)56-51(55-49)40-25-19-33-11-5-7-15-38(33)31-40;1-33(2)34(3,4)39-35(38-33)24-16-14-23(15-17-24)32-31-26(25-12-8-9-13-29(25)37-32)18-21-30-27(31)19-20-28(36-30)22-10-6-5-7-11-22/h1-31H;5-21H,1-4H3. The zero-order valence-corrected chi connectivity index (χ0v) is 52.7. The summed E-state index contributed by atoms with van der Waals surface area (Å²) in [4.78, 5) is 35.9. The predicted molar refractivity (Wildman–Crippen MR) is 391 cm³/mol. The van der Waals surface area contributed by atoms with Crippen LogP contribution in [0.15, 0.2) is 291 Å². The third-order valence-electron chi connectivity index (χ3n) is 19.0. The maximum Gasteiger partial charge on any atom is 0.494 e. The molecular weight excluding hydrogens is 1160 g/mol. The van der Waals surface area contributed by atoms with Gasteiger partial charge in [-0.3, -0.25) is 0 Å². The maximum absolute atomic E-state index is 6.28. The maximum atomic E-state index is 6.28. The van der Waals surface area contributed by atoms with E-state index in [-0.39, 0.29) is 11.2 Å². The van der Waals surface area contributed by atoms with E-state index in [9.17, 15) is 0 Å². The number of pyridine rings is 4. The first-order valence-electron chi connectivity index (χ1n) is 32.2. The van der Waals surface area contributed by atoms with Crippen LogP contribution in [0.5, 0.6) is 0 Å². The van der Waals surface area contributed by atoms with E-state index in [2.05, 4.69) is 270 Å². The molecule has 0 aliphatic carbocycles. The van der Waals surface area contributed by atoms with Crippen LogP contribution in [-0.2, 0) is 9.31 Å². The molecule has 95 heavy (non-hydrogen) atoms. The normalized spacial score (nSPS) is 13.5. The van der Waals surface area contributed by atoms with Crippen molar-refractivity contribution in [1.29, 1.82) is 0 Å². The molecule has 1 aliphatic rings. The average molecular weight is 1220 g/mol. The van der Waals surface area contributed by atoms with Crippen LogP contribution in [0, 0.1) is 0 Å². The Balaban J connectivity index is 0.000000154. The summed E-state index contributed by atoms with van der Waals surface area (Å²) in [6.07, 6.45) is 0. The van der Waals surface area contributed by atoms with Gasteiger partial charge in [-0.2, -0.15) is 0 Å². The minimum atomic E-state index is -0.396. The smallest absolute Gasteiger partial charge is 0.399 e. The Kier molecular flexibility index (Phi) is 14.0. The Morgan fingerprint density at radius 3 is 1.07 bits per heavy atom. The van der Waals surface area contributed by atoms with Crippen LogP contribution in [0.3, 0.4) is 0 Å². The van der Waals surface area contributed by atoms with E-state index in [1.165, 1.54) is 16.2 Å². The monoisotopic (exact) mass is 1220 g/mol. The van der Waals surface area contributed by atoms with Crippen molar-refractivity contribution in [1.82, 2.24) is 34.9 Å². The van der Waals surface area contributed by atoms with Gasteiger partial charge in [-0.05, 0) is 126 Å². The lowest BCUT2D eigenvalue weighted by atomic mass is 9.78. The molecule has 5 aromatic heterocycles. The molecule has 0 amide bonds. The Bertz CT molecular complexity index is 5750. The summed E-state index contributed by atoms with van der Waals surface area (Å²) >= 11 is 0. The van der Waals surface area contributed by atoms with Gasteiger partial charge in [-0.25, -0.2) is 34.9 Å². The lowest BCUT2D eigenvalue weighted by Gasteiger charge is -2.32. The molecule has 0 saturated carbocycles. The van der Waals surface area contributed by atoms with Crippen molar-refractivity contribution >= 4 is 99.3 Å². The molecule has 12 aromatic carbocycles. The molecule has 1 fully saturated rings. The van der Waals surface area contributed by atoms with E-state index >= 15 is 0 Å². The molecule has 1 saturated heterocycles. The number of fused-ring (bicyclic) bond motifs is 12. The van der Waals surface area contributed by atoms with Gasteiger partial charge >= 0.3 is 7.12 Å². The highest BCUT2D eigenvalue weighted by molar-refractivity contribution is 6.62. The molecule has 18 rings (SSSR count). The van der Waals surface area contributed by atoms with Gasteiger partial charge in [0.05, 0.1) is 56.0 Å². The van der Waals surface area contributed by atoms with Gasteiger partial charge in [0, 0.05) is 71.3 Å². The van der Waals surface area contributed by atoms with Crippen molar-refractivity contribution in [2.24, 2.45) is 0 Å². The van der Waals surface area contributed by atoms with Crippen LogP contribution in [0.2, 0.25) is 0 Å². The van der Waals surface area contributed by atoms with Gasteiger partial charge < -0.3 is 9.31 Å². The first kappa shape index (κ1) is 57.2. The third kappa shape index (κ3) is 10.5. The molecule has 10 heteroatoms. The molecule has 0 atom stereocenters. The molecule has 0 unspecified atom stereocenters. The molecule has 1 aliphatic heterocycles. The van der Waals surface area contributed by atoms with Gasteiger partial charge in [0.2, 0.25) is 0 Å². The molecule has 0 bridgehead atoms. The fraction of sp³-hybridized carbons (Fsp3) is 0.0706. The second-order valence-electron chi connectivity index (χ2n) is 25.4. The second-order valence-corrected chi connectivity index (χ2v) is 25.4. The summed E-state index contributed by atoms with van der Waals surface area (Å²) in [6.45, 7) is 8.31. The number of nitrogens with zero attached hydrogens (tertiary/aromatic N) is 7. The highest BCUT2D eigenvalue weighted by Gasteiger charge is 2.51. The quantitative estimate of drug-likeness (QED) is 0.109. The largest absolute Gasteiger partial charge is 0.494 e. The summed E-state index contributed by atoms with van der Waals surface area (Å²) in [7, 11) is -0.396. The Morgan fingerprint density at radius 2 is 0.611 bits per heavy atom. The Hall–Kier alpha value is -11.7. The van der Waals surface area contributed by atoms with Gasteiger partial charge in [0.25, 0.3) is 0 Å². The first-order chi connectivity index (χ1) is 46.5. The number of aromatic nitrogens is 7. The van der Waals surface area contributed by atoms with Crippen LogP contribution in [0.4, 0.5) is 0 Å². The highest BCUT2D eigenvalue weighted by atomic mass is 16.7. The van der Waals surface area contributed by atoms with Crippen LogP contribution in [0.1, 0.15) is 27.7 Å². The average Bonchev–Trinajstić information content (AvgIpc) is 1.32. The summed E-state index contributed by atoms with van der Waals surface area (Å²) in [6, 6.07) is 101. The number of benzene rings is 12. The van der Waals surface area contributed by atoms with Gasteiger partial charge in [0.1, 0.15) is 0 Å². The molecule has 0 N–H and O–H groups in total. The molecular formula is C85H60BN7O2. The van der Waals surface area contributed by atoms with Crippen molar-refractivity contribution in [3.63, 3.8) is 0 Å². The van der Waals surface area contributed by atoms with E-state index < -0.39 is 7.12 Å². The van der Waals surface area contributed by atoms with Crippen LogP contribution in [-0.4, -0.2) is 53.2 Å². The minimum Gasteiger partial charge on any atom is -0.399 e. The van der Waals surface area contributed by atoms with E-state index in [1.54, 1.807) is 0 Å². The molecule has 6 heterocycles. The predicted octanol–water partition coefficient (Wildman–Crippen LogP) is 20.3. The molecule has 0 radical (unpaired) electrons. The highest BCUT2D eigenvalue weighted by Crippen LogP contribution is 2.42. The fourth-order valence-electron chi connectivity index (χ4n) is 13.2. The van der Waals surface area contributed by atoms with Crippen molar-refractivity contribution in [3.05, 3.63) is 291 Å².